The predicted molar refractivity (Wildman–Crippen MR) is 246 cm³/mol. The molecule has 2 aromatic carbocycles. The van der Waals surface area contributed by atoms with Crippen molar-refractivity contribution in [2.45, 2.75) is 168 Å². The van der Waals surface area contributed by atoms with Crippen LogP contribution in [-0.4, -0.2) is 71.5 Å². The van der Waals surface area contributed by atoms with Crippen LogP contribution < -0.4 is 9.47 Å². The largest absolute Gasteiger partial charge is 0.459 e. The van der Waals surface area contributed by atoms with Gasteiger partial charge in [-0.25, -0.2) is 0 Å². The summed E-state index contributed by atoms with van der Waals surface area (Å²) in [7, 11) is 0. The zero-order valence-electron chi connectivity index (χ0n) is 38.3. The third kappa shape index (κ3) is 12.3. The Balaban J connectivity index is 1.63. The van der Waals surface area contributed by atoms with Crippen LogP contribution in [0.5, 0.6) is 17.2 Å². The number of aliphatic hydroxyl groups is 2. The SMILES string of the molecule is C=CCO[C@@]12Oc3ccc(Oc4ccc(C)c(C)c4)cc3[C@H]3[C@H](CCCCO)[C@@H](CCCCO)C=C(C(=NOCC)C[C@@H]1N(CCC)C(=O)CCCCCCCCCCC)[C@H]32. The molecule has 2 aromatic rings. The van der Waals surface area contributed by atoms with Gasteiger partial charge in [-0.3, -0.25) is 4.79 Å². The highest BCUT2D eigenvalue weighted by molar-refractivity contribution is 6.03. The van der Waals surface area contributed by atoms with Gasteiger partial charge < -0.3 is 34.2 Å². The van der Waals surface area contributed by atoms with Crippen LogP contribution in [0.3, 0.4) is 0 Å². The molecule has 0 bridgehead atoms. The number of amides is 1. The number of allylic oxidation sites excluding steroid dienone is 1. The van der Waals surface area contributed by atoms with E-state index in [1.807, 2.05) is 25.1 Å². The van der Waals surface area contributed by atoms with Gasteiger partial charge in [0.2, 0.25) is 11.7 Å². The standard InChI is InChI=1S/C52H78N2O7/c1-7-11-12-13-14-15-16-17-18-25-49(57)54(30-8-2)48-37-46(53-59-10-4)44-35-40(23-19-21-31-55)43(24-20-22-32-56)50-45-36-42(60-41-27-26-38(5)39(6)34-41)28-29-47(45)61-52(48,51(44)50)58-33-9-3/h9,26-29,34-36,40,43,48,50-51,55-56H,3,7-8,10-25,30-33,37H2,1-2,4-6H3/t40-,43+,48-,50+,51+,52+/m0/s1. The van der Waals surface area contributed by atoms with Gasteiger partial charge in [0, 0.05) is 44.1 Å². The fourth-order valence-electron chi connectivity index (χ4n) is 10.2. The Morgan fingerprint density at radius 2 is 1.56 bits per heavy atom. The highest BCUT2D eigenvalue weighted by atomic mass is 16.7. The smallest absolute Gasteiger partial charge is 0.239 e. The molecule has 338 valence electrons. The minimum absolute atomic E-state index is 0.0970. The number of fused-ring (bicyclic) bond motifs is 2. The summed E-state index contributed by atoms with van der Waals surface area (Å²) >= 11 is 0. The van der Waals surface area contributed by atoms with E-state index in [-0.39, 0.29) is 49.4 Å². The van der Waals surface area contributed by atoms with Crippen molar-refractivity contribution in [1.29, 1.82) is 0 Å². The zero-order chi connectivity index (χ0) is 43.6. The molecule has 0 radical (unpaired) electrons. The average Bonchev–Trinajstić information content (AvgIpc) is 3.26. The molecule has 0 aromatic heterocycles. The number of rotatable bonds is 28. The highest BCUT2D eigenvalue weighted by Gasteiger charge is 2.65. The summed E-state index contributed by atoms with van der Waals surface area (Å²) in [4.78, 5) is 22.7. The van der Waals surface area contributed by atoms with E-state index in [1.165, 1.54) is 44.1 Å². The Labute approximate surface area is 368 Å². The molecule has 1 heterocycles. The third-order valence-corrected chi connectivity index (χ3v) is 13.3. The first-order chi connectivity index (χ1) is 29.8. The molecule has 0 saturated heterocycles. The van der Waals surface area contributed by atoms with Gasteiger partial charge in [0.1, 0.15) is 29.9 Å². The van der Waals surface area contributed by atoms with Crippen molar-refractivity contribution >= 4 is 11.6 Å². The number of aryl methyl sites for hydroxylation is 2. The molecule has 9 nitrogen and oxygen atoms in total. The summed E-state index contributed by atoms with van der Waals surface area (Å²) < 4.78 is 21.2. The second-order valence-corrected chi connectivity index (χ2v) is 17.7. The lowest BCUT2D eigenvalue weighted by Gasteiger charge is -2.60. The van der Waals surface area contributed by atoms with Crippen LogP contribution in [0, 0.1) is 31.6 Å². The molecule has 1 amide bonds. The molecule has 2 N–H and O–H groups in total. The minimum Gasteiger partial charge on any atom is -0.459 e. The number of nitrogens with zero attached hydrogens (tertiary/aromatic N) is 2. The van der Waals surface area contributed by atoms with Crippen LogP contribution >= 0.6 is 0 Å². The van der Waals surface area contributed by atoms with Crippen molar-refractivity contribution < 1.29 is 34.1 Å². The molecule has 2 aliphatic carbocycles. The van der Waals surface area contributed by atoms with Gasteiger partial charge in [-0.15, -0.1) is 6.58 Å². The molecular weight excluding hydrogens is 765 g/mol. The quantitative estimate of drug-likeness (QED) is 0.0499. The average molecular weight is 843 g/mol. The second kappa shape index (κ2) is 24.8. The van der Waals surface area contributed by atoms with Gasteiger partial charge in [0.25, 0.3) is 0 Å². The Hall–Kier alpha value is -3.66. The van der Waals surface area contributed by atoms with Gasteiger partial charge >= 0.3 is 0 Å². The second-order valence-electron chi connectivity index (χ2n) is 17.7. The topological polar surface area (TPSA) is 110 Å². The molecule has 0 unspecified atom stereocenters. The molecule has 1 aliphatic heterocycles. The molecule has 1 fully saturated rings. The first-order valence-corrected chi connectivity index (χ1v) is 24.0. The van der Waals surface area contributed by atoms with E-state index in [0.717, 1.165) is 97.4 Å². The zero-order valence-corrected chi connectivity index (χ0v) is 38.3. The van der Waals surface area contributed by atoms with E-state index in [1.54, 1.807) is 6.08 Å². The first-order valence-electron chi connectivity index (χ1n) is 24.0. The van der Waals surface area contributed by atoms with Gasteiger partial charge in [0.15, 0.2) is 0 Å². The van der Waals surface area contributed by atoms with E-state index < -0.39 is 11.8 Å². The number of unbranched alkanes of at least 4 members (excludes halogenated alkanes) is 10. The van der Waals surface area contributed by atoms with Crippen molar-refractivity contribution in [2.75, 3.05) is 33.0 Å². The number of oxime groups is 1. The van der Waals surface area contributed by atoms with Crippen molar-refractivity contribution in [1.82, 2.24) is 4.90 Å². The Bertz CT molecular complexity index is 1740. The molecule has 3 aliphatic rings. The monoisotopic (exact) mass is 843 g/mol. The summed E-state index contributed by atoms with van der Waals surface area (Å²) in [6.45, 7) is 16.1. The normalized spacial score (nSPS) is 23.4. The van der Waals surface area contributed by atoms with E-state index in [9.17, 15) is 15.0 Å². The molecular formula is C52H78N2O7. The van der Waals surface area contributed by atoms with E-state index in [4.69, 9.17) is 24.2 Å². The lowest BCUT2D eigenvalue weighted by Crippen LogP contribution is -2.70. The number of benzene rings is 2. The summed E-state index contributed by atoms with van der Waals surface area (Å²) in [5.41, 5.74) is 5.32. The summed E-state index contributed by atoms with van der Waals surface area (Å²) in [5, 5.41) is 24.7. The molecule has 6 atom stereocenters. The minimum atomic E-state index is -1.24. The Morgan fingerprint density at radius 3 is 2.23 bits per heavy atom. The summed E-state index contributed by atoms with van der Waals surface area (Å²) in [6, 6.07) is 11.9. The van der Waals surface area contributed by atoms with Crippen LogP contribution in [-0.2, 0) is 14.4 Å². The number of carbonyl (C=O) groups excluding carboxylic acids is 1. The van der Waals surface area contributed by atoms with Crippen molar-refractivity contribution in [3.05, 3.63) is 77.4 Å². The van der Waals surface area contributed by atoms with Crippen LogP contribution in [0.25, 0.3) is 0 Å². The number of hydrogen-bond donors (Lipinski definition) is 2. The van der Waals surface area contributed by atoms with Gasteiger partial charge in [-0.1, -0.05) is 101 Å². The number of carbonyl (C=O) groups is 1. The fourth-order valence-corrected chi connectivity index (χ4v) is 10.2. The van der Waals surface area contributed by atoms with Crippen LogP contribution in [0.2, 0.25) is 0 Å². The van der Waals surface area contributed by atoms with Crippen molar-refractivity contribution in [3.8, 4) is 17.2 Å². The van der Waals surface area contributed by atoms with E-state index in [2.05, 4.69) is 63.4 Å². The van der Waals surface area contributed by atoms with Gasteiger partial charge in [0.05, 0.1) is 18.2 Å². The molecule has 5 rings (SSSR count). The Kier molecular flexibility index (Phi) is 19.7. The maximum atomic E-state index is 14.7. The maximum absolute atomic E-state index is 14.7. The highest BCUT2D eigenvalue weighted by Crippen LogP contribution is 2.62. The molecule has 0 spiro atoms. The molecule has 9 heteroatoms. The van der Waals surface area contributed by atoms with Crippen LogP contribution in [0.1, 0.15) is 159 Å². The van der Waals surface area contributed by atoms with Crippen LogP contribution in [0.4, 0.5) is 0 Å². The maximum Gasteiger partial charge on any atom is 0.239 e. The summed E-state index contributed by atoms with van der Waals surface area (Å²) in [6.07, 6.45) is 21.6. The molecule has 1 saturated carbocycles. The lowest BCUT2D eigenvalue weighted by molar-refractivity contribution is -0.257. The Morgan fingerprint density at radius 1 is 0.869 bits per heavy atom. The predicted octanol–water partition coefficient (Wildman–Crippen LogP) is 11.9. The summed E-state index contributed by atoms with van der Waals surface area (Å²) in [5.74, 6) is 1.01. The first kappa shape index (κ1) is 48.4. The number of aliphatic hydroxyl groups excluding tert-OH is 2. The molecule has 61 heavy (non-hydrogen) atoms. The third-order valence-electron chi connectivity index (χ3n) is 13.3. The lowest BCUT2D eigenvalue weighted by atomic mass is 9.55. The van der Waals surface area contributed by atoms with Crippen molar-refractivity contribution in [3.63, 3.8) is 0 Å². The number of ether oxygens (including phenoxy) is 3. The van der Waals surface area contributed by atoms with Gasteiger partial charge in [-0.05, 0) is 118 Å². The van der Waals surface area contributed by atoms with Gasteiger partial charge in [-0.2, -0.15) is 0 Å². The van der Waals surface area contributed by atoms with E-state index in [0.29, 0.717) is 32.4 Å². The van der Waals surface area contributed by atoms with Crippen molar-refractivity contribution in [2.24, 2.45) is 22.9 Å². The fraction of sp³-hybridized carbons (Fsp3) is 0.654. The van der Waals surface area contributed by atoms with E-state index >= 15 is 0 Å². The number of hydrogen-bond acceptors (Lipinski definition) is 8. The van der Waals surface area contributed by atoms with Crippen LogP contribution in [0.15, 0.2) is 65.9 Å².